The number of rotatable bonds is 6. The normalized spacial score (nSPS) is 20.0. The highest BCUT2D eigenvalue weighted by molar-refractivity contribution is 6.01. The Labute approximate surface area is 152 Å². The summed E-state index contributed by atoms with van der Waals surface area (Å²) in [5, 5.41) is 14.1. The van der Waals surface area contributed by atoms with Crippen LogP contribution in [0.15, 0.2) is 24.5 Å². The van der Waals surface area contributed by atoms with E-state index in [1.165, 1.54) is 0 Å². The number of ether oxygens (including phenoxy) is 1. The monoisotopic (exact) mass is 358 g/mol. The molecule has 1 saturated carbocycles. The highest BCUT2D eigenvalue weighted by Crippen LogP contribution is 2.30. The summed E-state index contributed by atoms with van der Waals surface area (Å²) in [4.78, 5) is 17.1. The van der Waals surface area contributed by atoms with Crippen molar-refractivity contribution < 1.29 is 9.53 Å². The summed E-state index contributed by atoms with van der Waals surface area (Å²) in [6.07, 6.45) is 7.26. The zero-order valence-corrected chi connectivity index (χ0v) is 15.0. The van der Waals surface area contributed by atoms with Gasteiger partial charge >= 0.3 is 0 Å². The first-order valence-electron chi connectivity index (χ1n) is 8.90. The summed E-state index contributed by atoms with van der Waals surface area (Å²) in [5.41, 5.74) is 6.91. The topological polar surface area (TPSA) is 118 Å². The Morgan fingerprint density at radius 3 is 2.85 bits per heavy atom. The number of pyridine rings is 1. The fourth-order valence-corrected chi connectivity index (χ4v) is 3.56. The van der Waals surface area contributed by atoms with Gasteiger partial charge in [-0.2, -0.15) is 0 Å². The SMILES string of the molecule is COCn1ccc2c(NC(=O)C3CCC(CNC(=N)N)CC3)ccnc21. The third-order valence-electron chi connectivity index (χ3n) is 4.99. The first-order valence-corrected chi connectivity index (χ1v) is 8.90. The van der Waals surface area contributed by atoms with Gasteiger partial charge in [0.2, 0.25) is 5.91 Å². The van der Waals surface area contributed by atoms with Crippen LogP contribution in [-0.2, 0) is 16.3 Å². The van der Waals surface area contributed by atoms with Crippen molar-refractivity contribution in [3.05, 3.63) is 24.5 Å². The Morgan fingerprint density at radius 2 is 2.15 bits per heavy atom. The fourth-order valence-electron chi connectivity index (χ4n) is 3.56. The molecule has 5 N–H and O–H groups in total. The molecule has 2 heterocycles. The van der Waals surface area contributed by atoms with Crippen molar-refractivity contribution in [3.8, 4) is 0 Å². The number of hydrogen-bond acceptors (Lipinski definition) is 4. The smallest absolute Gasteiger partial charge is 0.227 e. The van der Waals surface area contributed by atoms with Gasteiger partial charge in [0.05, 0.1) is 5.69 Å². The molecule has 1 fully saturated rings. The molecule has 0 aliphatic heterocycles. The van der Waals surface area contributed by atoms with E-state index >= 15 is 0 Å². The summed E-state index contributed by atoms with van der Waals surface area (Å²) in [7, 11) is 1.64. The molecule has 2 aromatic rings. The fraction of sp³-hybridized carbons (Fsp3) is 0.500. The van der Waals surface area contributed by atoms with Gasteiger partial charge in [-0.15, -0.1) is 0 Å². The van der Waals surface area contributed by atoms with Gasteiger partial charge in [-0.3, -0.25) is 10.2 Å². The lowest BCUT2D eigenvalue weighted by molar-refractivity contribution is -0.121. The van der Waals surface area contributed by atoms with Gasteiger partial charge in [0.1, 0.15) is 12.4 Å². The van der Waals surface area contributed by atoms with Gasteiger partial charge in [0, 0.05) is 37.4 Å². The standard InChI is InChI=1S/C18H26N6O2/c1-26-11-24-9-7-14-15(6-8-21-16(14)24)23-17(25)13-4-2-12(3-5-13)10-22-18(19)20/h6-9,12-13H,2-5,10-11H2,1H3,(H4,19,20,22)(H,21,23,25). The molecule has 1 amide bonds. The van der Waals surface area contributed by atoms with Crippen LogP contribution in [0.25, 0.3) is 11.0 Å². The van der Waals surface area contributed by atoms with E-state index in [4.69, 9.17) is 15.9 Å². The Balaban J connectivity index is 1.60. The highest BCUT2D eigenvalue weighted by Gasteiger charge is 2.26. The first-order chi connectivity index (χ1) is 12.6. The van der Waals surface area contributed by atoms with E-state index in [0.29, 0.717) is 19.2 Å². The molecule has 1 aliphatic rings. The number of carbonyl (C=O) groups is 1. The average Bonchev–Trinajstić information content (AvgIpc) is 3.05. The summed E-state index contributed by atoms with van der Waals surface area (Å²) in [5.74, 6) is 0.563. The molecular weight excluding hydrogens is 332 g/mol. The minimum atomic E-state index is 0.00646. The van der Waals surface area contributed by atoms with Crippen molar-refractivity contribution in [2.45, 2.75) is 32.4 Å². The largest absolute Gasteiger partial charge is 0.370 e. The Kier molecular flexibility index (Phi) is 5.72. The van der Waals surface area contributed by atoms with Crippen molar-refractivity contribution in [2.24, 2.45) is 17.6 Å². The minimum absolute atomic E-state index is 0.00646. The number of nitrogens with one attached hydrogen (secondary N) is 3. The van der Waals surface area contributed by atoms with Crippen molar-refractivity contribution in [2.75, 3.05) is 19.0 Å². The minimum Gasteiger partial charge on any atom is -0.370 e. The van der Waals surface area contributed by atoms with Crippen molar-refractivity contribution in [1.29, 1.82) is 5.41 Å². The third-order valence-corrected chi connectivity index (χ3v) is 4.99. The number of carbonyl (C=O) groups excluding carboxylic acids is 1. The van der Waals surface area contributed by atoms with Crippen LogP contribution in [0, 0.1) is 17.2 Å². The molecule has 0 unspecified atom stereocenters. The van der Waals surface area contributed by atoms with Crippen LogP contribution in [0.3, 0.4) is 0 Å². The molecule has 8 heteroatoms. The summed E-state index contributed by atoms with van der Waals surface area (Å²) in [6, 6.07) is 3.78. The summed E-state index contributed by atoms with van der Waals surface area (Å²) in [6.45, 7) is 1.13. The Bertz CT molecular complexity index is 779. The van der Waals surface area contributed by atoms with E-state index in [0.717, 1.165) is 42.4 Å². The maximum absolute atomic E-state index is 12.7. The van der Waals surface area contributed by atoms with E-state index in [9.17, 15) is 4.79 Å². The third kappa shape index (κ3) is 4.13. The maximum Gasteiger partial charge on any atom is 0.227 e. The molecule has 140 valence electrons. The van der Waals surface area contributed by atoms with E-state index < -0.39 is 0 Å². The number of aromatic nitrogens is 2. The predicted octanol–water partition coefficient (Wildman–Crippen LogP) is 1.87. The molecule has 8 nitrogen and oxygen atoms in total. The van der Waals surface area contributed by atoms with Crippen molar-refractivity contribution in [3.63, 3.8) is 0 Å². The number of guanidine groups is 1. The van der Waals surface area contributed by atoms with Gasteiger partial charge < -0.3 is 25.7 Å². The van der Waals surface area contributed by atoms with Crippen LogP contribution in [0.5, 0.6) is 0 Å². The maximum atomic E-state index is 12.7. The van der Waals surface area contributed by atoms with Gasteiger partial charge in [-0.05, 0) is 43.7 Å². The lowest BCUT2D eigenvalue weighted by Crippen LogP contribution is -2.36. The summed E-state index contributed by atoms with van der Waals surface area (Å²) >= 11 is 0. The molecular formula is C18H26N6O2. The highest BCUT2D eigenvalue weighted by atomic mass is 16.5. The Hall–Kier alpha value is -2.61. The molecule has 1 aliphatic carbocycles. The van der Waals surface area contributed by atoms with Crippen LogP contribution in [-0.4, -0.2) is 35.1 Å². The second-order valence-electron chi connectivity index (χ2n) is 6.80. The van der Waals surface area contributed by atoms with Gasteiger partial charge in [-0.1, -0.05) is 0 Å². The van der Waals surface area contributed by atoms with Crippen LogP contribution in [0.4, 0.5) is 5.69 Å². The molecule has 0 atom stereocenters. The lowest BCUT2D eigenvalue weighted by atomic mass is 9.81. The first kappa shape index (κ1) is 18.2. The van der Waals surface area contributed by atoms with E-state index in [1.807, 2.05) is 22.9 Å². The summed E-state index contributed by atoms with van der Waals surface area (Å²) < 4.78 is 7.07. The van der Waals surface area contributed by atoms with E-state index in [-0.39, 0.29) is 17.8 Å². The van der Waals surface area contributed by atoms with Crippen LogP contribution in [0.2, 0.25) is 0 Å². The number of fused-ring (bicyclic) bond motifs is 1. The number of amides is 1. The number of anilines is 1. The lowest BCUT2D eigenvalue weighted by Gasteiger charge is -2.28. The molecule has 2 aromatic heterocycles. The molecule has 0 spiro atoms. The molecule has 0 aromatic carbocycles. The van der Waals surface area contributed by atoms with Gasteiger partial charge in [0.15, 0.2) is 5.96 Å². The molecule has 26 heavy (non-hydrogen) atoms. The van der Waals surface area contributed by atoms with Crippen LogP contribution >= 0.6 is 0 Å². The molecule has 0 saturated heterocycles. The molecule has 0 radical (unpaired) electrons. The van der Waals surface area contributed by atoms with Crippen molar-refractivity contribution >= 4 is 28.6 Å². The zero-order valence-electron chi connectivity index (χ0n) is 15.0. The number of nitrogens with zero attached hydrogens (tertiary/aromatic N) is 2. The zero-order chi connectivity index (χ0) is 18.5. The number of hydrogen-bond donors (Lipinski definition) is 4. The second kappa shape index (κ2) is 8.18. The molecule has 3 rings (SSSR count). The predicted molar refractivity (Wildman–Crippen MR) is 101 cm³/mol. The number of methoxy groups -OCH3 is 1. The van der Waals surface area contributed by atoms with Gasteiger partial charge in [0.25, 0.3) is 0 Å². The number of nitrogens with two attached hydrogens (primary N) is 1. The second-order valence-corrected chi connectivity index (χ2v) is 6.80. The van der Waals surface area contributed by atoms with E-state index in [1.54, 1.807) is 13.3 Å². The quantitative estimate of drug-likeness (QED) is 0.464. The van der Waals surface area contributed by atoms with Crippen LogP contribution in [0.1, 0.15) is 25.7 Å². The Morgan fingerprint density at radius 1 is 1.38 bits per heavy atom. The molecule has 0 bridgehead atoms. The van der Waals surface area contributed by atoms with E-state index in [2.05, 4.69) is 15.6 Å². The average molecular weight is 358 g/mol. The van der Waals surface area contributed by atoms with Gasteiger partial charge in [-0.25, -0.2) is 4.98 Å². The van der Waals surface area contributed by atoms with Crippen LogP contribution < -0.4 is 16.4 Å². The van der Waals surface area contributed by atoms with Crippen molar-refractivity contribution in [1.82, 2.24) is 14.9 Å².